The molecule has 0 saturated heterocycles. The Hall–Kier alpha value is -1.38. The van der Waals surface area contributed by atoms with Crippen LogP contribution in [0.15, 0.2) is 18.2 Å². The lowest BCUT2D eigenvalue weighted by Crippen LogP contribution is -2.32. The van der Waals surface area contributed by atoms with Crippen molar-refractivity contribution in [3.63, 3.8) is 0 Å². The van der Waals surface area contributed by atoms with Gasteiger partial charge in [0.15, 0.2) is 0 Å². The number of ether oxygens (including phenoxy) is 1. The molecule has 110 valence electrons. The maximum absolute atomic E-state index is 13.3. The number of carbonyl (C=O) groups is 1. The lowest BCUT2D eigenvalue weighted by atomic mass is 9.70. The van der Waals surface area contributed by atoms with Gasteiger partial charge in [0.05, 0.1) is 0 Å². The molecular formula is C17H23FO2. The van der Waals surface area contributed by atoms with Crippen LogP contribution in [0.1, 0.15) is 56.6 Å². The molecule has 1 aliphatic carbocycles. The maximum atomic E-state index is 13.3. The molecule has 0 N–H and O–H groups in total. The number of aryl methyl sites for hydroxylation is 1. The molecule has 1 aromatic carbocycles. The molecule has 2 unspecified atom stereocenters. The van der Waals surface area contributed by atoms with Gasteiger partial charge in [-0.2, -0.15) is 0 Å². The minimum absolute atomic E-state index is 0.156. The summed E-state index contributed by atoms with van der Waals surface area (Å²) in [7, 11) is 0. The van der Waals surface area contributed by atoms with E-state index in [-0.39, 0.29) is 23.8 Å². The molecule has 2 atom stereocenters. The quantitative estimate of drug-likeness (QED) is 0.748. The van der Waals surface area contributed by atoms with E-state index < -0.39 is 0 Å². The number of halogens is 1. The van der Waals surface area contributed by atoms with Crippen molar-refractivity contribution in [3.8, 4) is 0 Å². The highest BCUT2D eigenvalue weighted by molar-refractivity contribution is 5.69. The molecule has 0 amide bonds. The number of benzene rings is 1. The summed E-state index contributed by atoms with van der Waals surface area (Å²) in [6.07, 6.45) is 3.79. The summed E-state index contributed by atoms with van der Waals surface area (Å²) in [5, 5.41) is 0. The lowest BCUT2D eigenvalue weighted by Gasteiger charge is -2.38. The summed E-state index contributed by atoms with van der Waals surface area (Å²) < 4.78 is 18.8. The Morgan fingerprint density at radius 3 is 2.65 bits per heavy atom. The van der Waals surface area contributed by atoms with Crippen LogP contribution in [-0.4, -0.2) is 12.1 Å². The third-order valence-electron chi connectivity index (χ3n) is 4.36. The number of hydrogen-bond donors (Lipinski definition) is 0. The first-order chi connectivity index (χ1) is 9.52. The number of hydrogen-bond acceptors (Lipinski definition) is 2. The molecule has 0 radical (unpaired) electrons. The highest BCUT2D eigenvalue weighted by atomic mass is 19.1. The normalized spacial score (nSPS) is 18.2. The molecule has 2 nitrogen and oxygen atoms in total. The van der Waals surface area contributed by atoms with E-state index in [0.717, 1.165) is 24.0 Å². The second kappa shape index (κ2) is 6.38. The zero-order valence-corrected chi connectivity index (χ0v) is 12.5. The SMILES string of the molecule is CCC(=O)OC(C)C(c1ccc(F)cc1C)C1CCC1. The standard InChI is InChI=1S/C17H23FO2/c1-4-16(19)20-12(3)17(13-6-5-7-13)15-9-8-14(18)10-11(15)2/h8-10,12-13,17H,4-7H2,1-3H3. The summed E-state index contributed by atoms with van der Waals surface area (Å²) in [6, 6.07) is 4.92. The van der Waals surface area contributed by atoms with Crippen molar-refractivity contribution < 1.29 is 13.9 Å². The summed E-state index contributed by atoms with van der Waals surface area (Å²) >= 11 is 0. The zero-order valence-electron chi connectivity index (χ0n) is 12.5. The predicted octanol–water partition coefficient (Wildman–Crippen LogP) is 4.36. The Balaban J connectivity index is 2.24. The average Bonchev–Trinajstić information content (AvgIpc) is 2.34. The van der Waals surface area contributed by atoms with Gasteiger partial charge >= 0.3 is 5.97 Å². The van der Waals surface area contributed by atoms with Crippen LogP contribution in [-0.2, 0) is 9.53 Å². The Kier molecular flexibility index (Phi) is 4.79. The second-order valence-corrected chi connectivity index (χ2v) is 5.77. The van der Waals surface area contributed by atoms with E-state index in [1.165, 1.54) is 12.5 Å². The highest BCUT2D eigenvalue weighted by Crippen LogP contribution is 2.43. The smallest absolute Gasteiger partial charge is 0.305 e. The third kappa shape index (κ3) is 3.20. The van der Waals surface area contributed by atoms with E-state index in [0.29, 0.717) is 12.3 Å². The molecule has 3 heteroatoms. The molecule has 0 aliphatic heterocycles. The number of rotatable bonds is 5. The first-order valence-electron chi connectivity index (χ1n) is 7.48. The molecule has 0 bridgehead atoms. The molecule has 1 aliphatic rings. The molecule has 1 fully saturated rings. The molecule has 20 heavy (non-hydrogen) atoms. The van der Waals surface area contributed by atoms with Crippen LogP contribution in [0.5, 0.6) is 0 Å². The van der Waals surface area contributed by atoms with Gasteiger partial charge in [-0.3, -0.25) is 4.79 Å². The van der Waals surface area contributed by atoms with Crippen LogP contribution in [0.2, 0.25) is 0 Å². The Bertz CT molecular complexity index is 480. The van der Waals surface area contributed by atoms with Crippen molar-refractivity contribution in [2.45, 2.75) is 58.5 Å². The van der Waals surface area contributed by atoms with Gasteiger partial charge in [-0.15, -0.1) is 0 Å². The van der Waals surface area contributed by atoms with Crippen molar-refractivity contribution in [3.05, 3.63) is 35.1 Å². The Labute approximate surface area is 120 Å². The molecule has 1 aromatic rings. The molecule has 0 aromatic heterocycles. The molecular weight excluding hydrogens is 255 g/mol. The average molecular weight is 278 g/mol. The first kappa shape index (κ1) is 15.0. The van der Waals surface area contributed by atoms with Gasteiger partial charge in [0.2, 0.25) is 0 Å². The maximum Gasteiger partial charge on any atom is 0.305 e. The van der Waals surface area contributed by atoms with E-state index in [1.807, 2.05) is 19.9 Å². The minimum atomic E-state index is -0.211. The van der Waals surface area contributed by atoms with E-state index in [9.17, 15) is 9.18 Å². The van der Waals surface area contributed by atoms with Gasteiger partial charge in [0.25, 0.3) is 0 Å². The van der Waals surface area contributed by atoms with Crippen molar-refractivity contribution in [1.29, 1.82) is 0 Å². The fraction of sp³-hybridized carbons (Fsp3) is 0.588. The molecule has 1 saturated carbocycles. The van der Waals surface area contributed by atoms with Crippen LogP contribution >= 0.6 is 0 Å². The van der Waals surface area contributed by atoms with Crippen LogP contribution in [0, 0.1) is 18.7 Å². The Morgan fingerprint density at radius 2 is 2.15 bits per heavy atom. The predicted molar refractivity (Wildman–Crippen MR) is 77.1 cm³/mol. The lowest BCUT2D eigenvalue weighted by molar-refractivity contribution is -0.150. The summed E-state index contributed by atoms with van der Waals surface area (Å²) in [5.41, 5.74) is 2.06. The second-order valence-electron chi connectivity index (χ2n) is 5.77. The number of carbonyl (C=O) groups excluding carboxylic acids is 1. The fourth-order valence-electron chi connectivity index (χ4n) is 3.07. The fourth-order valence-corrected chi connectivity index (χ4v) is 3.07. The van der Waals surface area contributed by atoms with E-state index >= 15 is 0 Å². The van der Waals surface area contributed by atoms with Crippen molar-refractivity contribution in [2.75, 3.05) is 0 Å². The zero-order chi connectivity index (χ0) is 14.7. The van der Waals surface area contributed by atoms with E-state index in [1.54, 1.807) is 13.0 Å². The third-order valence-corrected chi connectivity index (χ3v) is 4.36. The van der Waals surface area contributed by atoms with Gasteiger partial charge in [-0.05, 0) is 55.9 Å². The minimum Gasteiger partial charge on any atom is -0.462 e. The van der Waals surface area contributed by atoms with Crippen molar-refractivity contribution >= 4 is 5.97 Å². The van der Waals surface area contributed by atoms with E-state index in [4.69, 9.17) is 4.74 Å². The first-order valence-corrected chi connectivity index (χ1v) is 7.48. The van der Waals surface area contributed by atoms with Gasteiger partial charge in [-0.25, -0.2) is 4.39 Å². The monoisotopic (exact) mass is 278 g/mol. The van der Waals surface area contributed by atoms with Gasteiger partial charge < -0.3 is 4.74 Å². The Morgan fingerprint density at radius 1 is 1.45 bits per heavy atom. The summed E-state index contributed by atoms with van der Waals surface area (Å²) in [5.74, 6) is 0.345. The van der Waals surface area contributed by atoms with Crippen LogP contribution in [0.3, 0.4) is 0 Å². The van der Waals surface area contributed by atoms with E-state index in [2.05, 4.69) is 0 Å². The van der Waals surface area contributed by atoms with Gasteiger partial charge in [0, 0.05) is 12.3 Å². The topological polar surface area (TPSA) is 26.3 Å². The van der Waals surface area contributed by atoms with Crippen LogP contribution < -0.4 is 0 Å². The van der Waals surface area contributed by atoms with Crippen LogP contribution in [0.4, 0.5) is 4.39 Å². The van der Waals surface area contributed by atoms with Gasteiger partial charge in [0.1, 0.15) is 11.9 Å². The molecule has 2 rings (SSSR count). The summed E-state index contributed by atoms with van der Waals surface area (Å²) in [4.78, 5) is 11.5. The van der Waals surface area contributed by atoms with Crippen molar-refractivity contribution in [2.24, 2.45) is 5.92 Å². The highest BCUT2D eigenvalue weighted by Gasteiger charge is 2.35. The number of esters is 1. The van der Waals surface area contributed by atoms with Crippen molar-refractivity contribution in [1.82, 2.24) is 0 Å². The largest absolute Gasteiger partial charge is 0.462 e. The summed E-state index contributed by atoms with van der Waals surface area (Å²) in [6.45, 7) is 5.69. The molecule has 0 heterocycles. The van der Waals surface area contributed by atoms with Gasteiger partial charge in [-0.1, -0.05) is 19.4 Å². The molecule has 0 spiro atoms. The van der Waals surface area contributed by atoms with Crippen LogP contribution in [0.25, 0.3) is 0 Å².